The smallest absolute Gasteiger partial charge is 0.175 e. The molecular formula is C42H64N6Si. The van der Waals surface area contributed by atoms with Crippen molar-refractivity contribution in [3.8, 4) is 0 Å². The first kappa shape index (κ1) is 38.0. The minimum Gasteiger partial charge on any atom is -0.378 e. The lowest BCUT2D eigenvalue weighted by Crippen LogP contribution is -2.73. The Kier molecular flexibility index (Phi) is 10.7. The maximum Gasteiger partial charge on any atom is 0.175 e. The lowest BCUT2D eigenvalue weighted by atomic mass is 10.1. The van der Waals surface area contributed by atoms with Crippen molar-refractivity contribution in [2.24, 2.45) is 0 Å². The van der Waals surface area contributed by atoms with Gasteiger partial charge >= 0.3 is 0 Å². The summed E-state index contributed by atoms with van der Waals surface area (Å²) < 4.78 is 0. The summed E-state index contributed by atoms with van der Waals surface area (Å²) in [7, 11) is 23.5. The Labute approximate surface area is 300 Å². The van der Waals surface area contributed by atoms with Gasteiger partial charge in [0.1, 0.15) is 0 Å². The first-order chi connectivity index (χ1) is 22.7. The summed E-state index contributed by atoms with van der Waals surface area (Å²) in [6, 6.07) is 14.6. The standard InChI is InChI=1S/C42H64N6Si/c1-26-20-33(43(8)9)40(34(21-26)44(10)11)49(39-31(6)29(4)30(5)32(39)7,41-35(45(12)13)22-27(2)23-36(41)46(14)15)42-37(47(16)17)24-28(3)25-38(42)48(18)19/h20-25,39H,1-19H3. The molecule has 3 aromatic rings. The Bertz CT molecular complexity index is 1530. The summed E-state index contributed by atoms with van der Waals surface area (Å²) in [6.45, 7) is 16.3. The highest BCUT2D eigenvalue weighted by atomic mass is 28.3. The molecule has 0 fully saturated rings. The summed E-state index contributed by atoms with van der Waals surface area (Å²) in [4.78, 5) is 14.3. The Morgan fingerprint density at radius 3 is 0.694 bits per heavy atom. The van der Waals surface area contributed by atoms with Crippen molar-refractivity contribution >= 4 is 57.8 Å². The van der Waals surface area contributed by atoms with Crippen molar-refractivity contribution < 1.29 is 0 Å². The van der Waals surface area contributed by atoms with Gasteiger partial charge in [-0.2, -0.15) is 0 Å². The van der Waals surface area contributed by atoms with Gasteiger partial charge in [-0.3, -0.25) is 0 Å². The van der Waals surface area contributed by atoms with E-state index in [0.29, 0.717) is 0 Å². The number of hydrogen-bond acceptors (Lipinski definition) is 6. The molecule has 1 aliphatic rings. The third-order valence-electron chi connectivity index (χ3n) is 10.8. The van der Waals surface area contributed by atoms with Crippen molar-refractivity contribution in [2.75, 3.05) is 114 Å². The summed E-state index contributed by atoms with van der Waals surface area (Å²) >= 11 is 0. The molecule has 0 unspecified atom stereocenters. The van der Waals surface area contributed by atoms with E-state index in [4.69, 9.17) is 0 Å². The van der Waals surface area contributed by atoms with Gasteiger partial charge in [0.05, 0.1) is 0 Å². The largest absolute Gasteiger partial charge is 0.378 e. The van der Waals surface area contributed by atoms with Crippen LogP contribution in [-0.4, -0.2) is 92.6 Å². The lowest BCUT2D eigenvalue weighted by Gasteiger charge is -2.49. The monoisotopic (exact) mass is 680 g/mol. The molecule has 49 heavy (non-hydrogen) atoms. The van der Waals surface area contributed by atoms with Gasteiger partial charge in [0.2, 0.25) is 0 Å². The molecule has 0 amide bonds. The minimum absolute atomic E-state index is 0.174. The second-order valence-electron chi connectivity index (χ2n) is 15.8. The van der Waals surface area contributed by atoms with Gasteiger partial charge in [0.25, 0.3) is 0 Å². The third kappa shape index (κ3) is 6.24. The molecule has 0 saturated carbocycles. The highest BCUT2D eigenvalue weighted by Crippen LogP contribution is 2.51. The topological polar surface area (TPSA) is 19.4 Å². The second-order valence-corrected chi connectivity index (χ2v) is 19.5. The van der Waals surface area contributed by atoms with Crippen LogP contribution in [0.1, 0.15) is 44.4 Å². The molecule has 0 heterocycles. The van der Waals surface area contributed by atoms with Crippen LogP contribution in [0.5, 0.6) is 0 Å². The van der Waals surface area contributed by atoms with Crippen molar-refractivity contribution in [3.05, 3.63) is 75.4 Å². The average Bonchev–Trinajstić information content (AvgIpc) is 3.19. The number of benzene rings is 3. The SMILES string of the molecule is CC1=C(C)C([Si](c2c(N(C)C)cc(C)cc2N(C)C)(c2c(N(C)C)cc(C)cc2N(C)C)c2c(N(C)C)cc(C)cc2N(C)C)C(C)=C1C. The molecule has 0 radical (unpaired) electrons. The molecule has 0 aromatic heterocycles. The van der Waals surface area contributed by atoms with Crippen molar-refractivity contribution in [2.45, 2.75) is 54.0 Å². The molecule has 0 saturated heterocycles. The van der Waals surface area contributed by atoms with Crippen LogP contribution in [0.15, 0.2) is 58.7 Å². The molecule has 1 aliphatic carbocycles. The van der Waals surface area contributed by atoms with Crippen molar-refractivity contribution in [3.63, 3.8) is 0 Å². The van der Waals surface area contributed by atoms with Crippen LogP contribution >= 0.6 is 0 Å². The van der Waals surface area contributed by atoms with Gasteiger partial charge in [0, 0.05) is 124 Å². The fraction of sp³-hybridized carbons (Fsp3) is 0.476. The second kappa shape index (κ2) is 13.8. The van der Waals surface area contributed by atoms with E-state index in [1.54, 1.807) is 0 Å². The molecular weight excluding hydrogens is 617 g/mol. The minimum atomic E-state index is -3.28. The number of hydrogen-bond donors (Lipinski definition) is 0. The molecule has 0 bridgehead atoms. The number of aryl methyl sites for hydroxylation is 3. The zero-order valence-corrected chi connectivity index (χ0v) is 35.2. The highest BCUT2D eigenvalue weighted by Gasteiger charge is 2.57. The van der Waals surface area contributed by atoms with E-state index in [9.17, 15) is 0 Å². The molecule has 7 heteroatoms. The van der Waals surface area contributed by atoms with E-state index in [1.807, 2.05) is 0 Å². The Morgan fingerprint density at radius 2 is 0.531 bits per heavy atom. The van der Waals surface area contributed by atoms with Gasteiger partial charge in [-0.25, -0.2) is 0 Å². The van der Waals surface area contributed by atoms with Gasteiger partial charge < -0.3 is 29.4 Å². The normalized spacial score (nSPS) is 13.8. The van der Waals surface area contributed by atoms with Crippen LogP contribution < -0.4 is 45.0 Å². The number of anilines is 6. The summed E-state index contributed by atoms with van der Waals surface area (Å²) in [5, 5.41) is 4.39. The fourth-order valence-corrected chi connectivity index (χ4v) is 15.9. The van der Waals surface area contributed by atoms with Crippen molar-refractivity contribution in [1.82, 2.24) is 0 Å². The molecule has 6 nitrogen and oxygen atoms in total. The molecule has 266 valence electrons. The van der Waals surface area contributed by atoms with Gasteiger partial charge in [0.15, 0.2) is 8.07 Å². The Hall–Kier alpha value is -3.84. The number of nitrogens with zero attached hydrogens (tertiary/aromatic N) is 6. The first-order valence-electron chi connectivity index (χ1n) is 17.5. The predicted molar refractivity (Wildman–Crippen MR) is 225 cm³/mol. The van der Waals surface area contributed by atoms with E-state index in [2.05, 4.69) is 199 Å². The Balaban J connectivity index is 2.68. The zero-order chi connectivity index (χ0) is 37.0. The van der Waals surface area contributed by atoms with E-state index < -0.39 is 8.07 Å². The van der Waals surface area contributed by atoms with Crippen LogP contribution in [-0.2, 0) is 0 Å². The maximum atomic E-state index is 2.44. The van der Waals surface area contributed by atoms with Crippen LogP contribution in [0.25, 0.3) is 0 Å². The van der Waals surface area contributed by atoms with E-state index in [0.717, 1.165) is 0 Å². The van der Waals surface area contributed by atoms with Crippen molar-refractivity contribution in [1.29, 1.82) is 0 Å². The van der Waals surface area contributed by atoms with E-state index in [1.165, 1.54) is 88.7 Å². The van der Waals surface area contributed by atoms with Gasteiger partial charge in [-0.05, 0) is 128 Å². The molecule has 4 rings (SSSR count). The summed E-state index contributed by atoms with van der Waals surface area (Å²) in [6.07, 6.45) is 0. The maximum absolute atomic E-state index is 3.28. The quantitative estimate of drug-likeness (QED) is 0.178. The molecule has 3 aromatic carbocycles. The van der Waals surface area contributed by atoms with Crippen LogP contribution in [0, 0.1) is 20.8 Å². The van der Waals surface area contributed by atoms with E-state index in [-0.39, 0.29) is 5.54 Å². The fourth-order valence-electron chi connectivity index (χ4n) is 8.38. The zero-order valence-electron chi connectivity index (χ0n) is 34.2. The van der Waals surface area contributed by atoms with Crippen LogP contribution in [0.3, 0.4) is 0 Å². The Morgan fingerprint density at radius 1 is 0.347 bits per heavy atom. The number of rotatable bonds is 10. The molecule has 0 atom stereocenters. The molecule has 0 spiro atoms. The number of allylic oxidation sites excluding steroid dienone is 4. The first-order valence-corrected chi connectivity index (χ1v) is 19.6. The van der Waals surface area contributed by atoms with Gasteiger partial charge in [-0.1, -0.05) is 11.1 Å². The van der Waals surface area contributed by atoms with Crippen LogP contribution in [0.2, 0.25) is 5.54 Å². The lowest BCUT2D eigenvalue weighted by molar-refractivity contribution is 1.06. The molecule has 0 N–H and O–H groups in total. The molecule has 0 aliphatic heterocycles. The predicted octanol–water partition coefficient (Wildman–Crippen LogP) is 6.53. The van der Waals surface area contributed by atoms with E-state index >= 15 is 0 Å². The van der Waals surface area contributed by atoms with Gasteiger partial charge in [-0.15, -0.1) is 0 Å². The average molecular weight is 681 g/mol. The summed E-state index contributed by atoms with van der Waals surface area (Å²) in [5.74, 6) is 0. The summed E-state index contributed by atoms with van der Waals surface area (Å²) in [5.41, 5.74) is 17.6. The highest BCUT2D eigenvalue weighted by molar-refractivity contribution is 7.17. The third-order valence-corrected chi connectivity index (χ3v) is 16.5. The van der Waals surface area contributed by atoms with Crippen LogP contribution in [0.4, 0.5) is 34.1 Å².